The molecule has 1 aromatic rings. The van der Waals surface area contributed by atoms with E-state index in [1.54, 1.807) is 0 Å². The zero-order valence-corrected chi connectivity index (χ0v) is 17.4. The lowest BCUT2D eigenvalue weighted by atomic mass is 9.72. The number of carbonyl (C=O) groups excluding carboxylic acids is 2. The van der Waals surface area contributed by atoms with Gasteiger partial charge in [0.25, 0.3) is 0 Å². The van der Waals surface area contributed by atoms with E-state index in [0.29, 0.717) is 13.0 Å². The molecular formula is C21H24INO3. The number of halogens is 1. The lowest BCUT2D eigenvalue weighted by Crippen LogP contribution is -2.37. The maximum Gasteiger partial charge on any atom is 0.315 e. The van der Waals surface area contributed by atoms with Crippen molar-refractivity contribution in [2.75, 3.05) is 6.61 Å². The Hall–Kier alpha value is -1.50. The van der Waals surface area contributed by atoms with Gasteiger partial charge in [-0.05, 0) is 66.5 Å². The van der Waals surface area contributed by atoms with Gasteiger partial charge in [0.05, 0.1) is 6.61 Å². The van der Waals surface area contributed by atoms with Crippen molar-refractivity contribution in [3.63, 3.8) is 0 Å². The van der Waals surface area contributed by atoms with Crippen molar-refractivity contribution in [3.05, 3.63) is 44.7 Å². The maximum atomic E-state index is 12.9. The molecule has 0 spiro atoms. The van der Waals surface area contributed by atoms with Crippen molar-refractivity contribution in [2.45, 2.75) is 51.9 Å². The van der Waals surface area contributed by atoms with Crippen LogP contribution in [0.1, 0.15) is 57.4 Å². The van der Waals surface area contributed by atoms with Crippen LogP contribution in [0.2, 0.25) is 0 Å². The van der Waals surface area contributed by atoms with E-state index in [1.165, 1.54) is 0 Å². The largest absolute Gasteiger partial charge is 0.465 e. The summed E-state index contributed by atoms with van der Waals surface area (Å²) in [6.07, 6.45) is 3.98. The van der Waals surface area contributed by atoms with Crippen molar-refractivity contribution < 1.29 is 14.3 Å². The molecule has 4 nitrogen and oxygen atoms in total. The number of nitrogens with zero attached hydrogens (tertiary/aromatic N) is 1. The summed E-state index contributed by atoms with van der Waals surface area (Å²) in [7, 11) is 0. The number of ketones is 1. The van der Waals surface area contributed by atoms with Gasteiger partial charge in [-0.1, -0.05) is 25.5 Å². The Labute approximate surface area is 168 Å². The second kappa shape index (κ2) is 8.46. The first kappa shape index (κ1) is 19.3. The molecule has 0 N–H and O–H groups in total. The normalized spacial score (nSPS) is 22.7. The molecule has 5 heteroatoms. The molecule has 0 saturated carbocycles. The number of ether oxygens (including phenoxy) is 1. The molecule has 1 aliphatic carbocycles. The highest BCUT2D eigenvalue weighted by atomic mass is 127. The number of benzene rings is 1. The first-order valence-electron chi connectivity index (χ1n) is 9.26. The zero-order chi connectivity index (χ0) is 18.7. The number of unbranched alkanes of at least 4 members (excludes halogenated alkanes) is 1. The number of rotatable bonds is 5. The topological polar surface area (TPSA) is 55.7 Å². The third-order valence-electron chi connectivity index (χ3n) is 5.06. The van der Waals surface area contributed by atoms with E-state index in [-0.39, 0.29) is 17.7 Å². The number of aliphatic imine (C=N–C) groups is 1. The molecule has 0 bridgehead atoms. The number of carbonyl (C=O) groups is 2. The van der Waals surface area contributed by atoms with E-state index < -0.39 is 5.92 Å². The molecule has 0 radical (unpaired) electrons. The lowest BCUT2D eigenvalue weighted by molar-refractivity contribution is -0.146. The molecular weight excluding hydrogens is 441 g/mol. The van der Waals surface area contributed by atoms with Gasteiger partial charge in [0.1, 0.15) is 5.92 Å². The average Bonchev–Trinajstić information content (AvgIpc) is 2.61. The molecule has 1 heterocycles. The number of esters is 1. The molecule has 1 aromatic carbocycles. The maximum absolute atomic E-state index is 12.9. The molecule has 26 heavy (non-hydrogen) atoms. The average molecular weight is 465 g/mol. The molecule has 2 atom stereocenters. The van der Waals surface area contributed by atoms with Gasteiger partial charge in [0.2, 0.25) is 0 Å². The number of Topliss-reactive ketones (excluding diaryl/α,β-unsaturated/α-hetero) is 1. The quantitative estimate of drug-likeness (QED) is 0.356. The minimum absolute atomic E-state index is 0.123. The van der Waals surface area contributed by atoms with Crippen molar-refractivity contribution in [1.29, 1.82) is 0 Å². The summed E-state index contributed by atoms with van der Waals surface area (Å²) in [5.41, 5.74) is 3.32. The van der Waals surface area contributed by atoms with Gasteiger partial charge in [0, 0.05) is 32.9 Å². The fourth-order valence-corrected chi connectivity index (χ4v) is 4.11. The van der Waals surface area contributed by atoms with E-state index in [1.807, 2.05) is 31.2 Å². The van der Waals surface area contributed by atoms with E-state index in [0.717, 1.165) is 51.8 Å². The van der Waals surface area contributed by atoms with E-state index in [2.05, 4.69) is 34.5 Å². The smallest absolute Gasteiger partial charge is 0.315 e. The summed E-state index contributed by atoms with van der Waals surface area (Å²) in [4.78, 5) is 30.3. The number of allylic oxidation sites excluding steroid dienone is 2. The molecule has 1 aliphatic heterocycles. The lowest BCUT2D eigenvalue weighted by Gasteiger charge is -2.34. The molecule has 0 aromatic heterocycles. The Kier molecular flexibility index (Phi) is 6.27. The predicted octanol–water partition coefficient (Wildman–Crippen LogP) is 4.82. The molecule has 1 unspecified atom stereocenters. The summed E-state index contributed by atoms with van der Waals surface area (Å²) in [6.45, 7) is 4.36. The van der Waals surface area contributed by atoms with Crippen LogP contribution in [-0.4, -0.2) is 24.1 Å². The van der Waals surface area contributed by atoms with Crippen molar-refractivity contribution in [1.82, 2.24) is 0 Å². The highest BCUT2D eigenvalue weighted by Gasteiger charge is 2.43. The SMILES string of the molecule is CCCCOC(=O)C1C(C)=NC2=C(C(=O)CCC2)[C@@H]1c1ccc(I)cc1. The summed E-state index contributed by atoms with van der Waals surface area (Å²) < 4.78 is 6.65. The third-order valence-corrected chi connectivity index (χ3v) is 5.78. The Morgan fingerprint density at radius 3 is 2.69 bits per heavy atom. The molecule has 2 aliphatic rings. The van der Waals surface area contributed by atoms with Crippen molar-refractivity contribution in [2.24, 2.45) is 10.9 Å². The summed E-state index contributed by atoms with van der Waals surface area (Å²) in [5.74, 6) is -0.959. The van der Waals surface area contributed by atoms with Crippen LogP contribution in [0.15, 0.2) is 40.5 Å². The predicted molar refractivity (Wildman–Crippen MR) is 110 cm³/mol. The van der Waals surface area contributed by atoms with Crippen LogP contribution >= 0.6 is 22.6 Å². The van der Waals surface area contributed by atoms with Crippen LogP contribution in [0.25, 0.3) is 0 Å². The van der Waals surface area contributed by atoms with E-state index in [9.17, 15) is 9.59 Å². The van der Waals surface area contributed by atoms with Crippen molar-refractivity contribution >= 4 is 40.1 Å². The van der Waals surface area contributed by atoms with Gasteiger partial charge in [-0.15, -0.1) is 0 Å². The Morgan fingerprint density at radius 1 is 1.27 bits per heavy atom. The Balaban J connectivity index is 2.02. The molecule has 0 saturated heterocycles. The van der Waals surface area contributed by atoms with Gasteiger partial charge >= 0.3 is 5.97 Å². The van der Waals surface area contributed by atoms with Crippen LogP contribution in [0.4, 0.5) is 0 Å². The fraction of sp³-hybridized carbons (Fsp3) is 0.476. The summed E-state index contributed by atoms with van der Waals surface area (Å²) in [6, 6.07) is 8.07. The van der Waals surface area contributed by atoms with Gasteiger partial charge in [-0.3, -0.25) is 14.6 Å². The standard InChI is InChI=1S/C21H24INO3/c1-3-4-12-26-21(25)18-13(2)23-16-6-5-7-17(24)20(16)19(18)14-8-10-15(22)11-9-14/h8-11,18-19H,3-7,12H2,1-2H3/t18?,19-/m1/s1. The third kappa shape index (κ3) is 3.92. The van der Waals surface area contributed by atoms with Gasteiger partial charge in [-0.25, -0.2) is 0 Å². The Bertz CT molecular complexity index is 764. The summed E-state index contributed by atoms with van der Waals surface area (Å²) >= 11 is 2.26. The van der Waals surface area contributed by atoms with Crippen molar-refractivity contribution in [3.8, 4) is 0 Å². The second-order valence-electron chi connectivity index (χ2n) is 6.92. The molecule has 138 valence electrons. The number of hydrogen-bond donors (Lipinski definition) is 0. The number of hydrogen-bond acceptors (Lipinski definition) is 4. The fourth-order valence-electron chi connectivity index (χ4n) is 3.75. The van der Waals surface area contributed by atoms with Crippen LogP contribution < -0.4 is 0 Å². The molecule has 0 fully saturated rings. The van der Waals surface area contributed by atoms with E-state index >= 15 is 0 Å². The molecule has 3 rings (SSSR count). The zero-order valence-electron chi connectivity index (χ0n) is 15.3. The van der Waals surface area contributed by atoms with Crippen LogP contribution in [-0.2, 0) is 14.3 Å². The minimum Gasteiger partial charge on any atom is -0.465 e. The van der Waals surface area contributed by atoms with Crippen LogP contribution in [0.5, 0.6) is 0 Å². The second-order valence-corrected chi connectivity index (χ2v) is 8.16. The van der Waals surface area contributed by atoms with Crippen LogP contribution in [0, 0.1) is 9.49 Å². The highest BCUT2D eigenvalue weighted by molar-refractivity contribution is 14.1. The first-order chi connectivity index (χ1) is 12.5. The van der Waals surface area contributed by atoms with E-state index in [4.69, 9.17) is 4.74 Å². The molecule has 0 amide bonds. The minimum atomic E-state index is -0.521. The van der Waals surface area contributed by atoms with Crippen LogP contribution in [0.3, 0.4) is 0 Å². The van der Waals surface area contributed by atoms with Gasteiger partial charge in [-0.2, -0.15) is 0 Å². The monoisotopic (exact) mass is 465 g/mol. The van der Waals surface area contributed by atoms with Gasteiger partial charge < -0.3 is 4.74 Å². The summed E-state index contributed by atoms with van der Waals surface area (Å²) in [5, 5.41) is 0. The first-order valence-corrected chi connectivity index (χ1v) is 10.3. The highest BCUT2D eigenvalue weighted by Crippen LogP contribution is 2.43. The van der Waals surface area contributed by atoms with Gasteiger partial charge in [0.15, 0.2) is 5.78 Å². The Morgan fingerprint density at radius 2 is 2.00 bits per heavy atom.